The van der Waals surface area contributed by atoms with E-state index in [1.54, 1.807) is 24.0 Å². The summed E-state index contributed by atoms with van der Waals surface area (Å²) in [5.74, 6) is 0. The van der Waals surface area contributed by atoms with E-state index < -0.39 is 0 Å². The zero-order chi connectivity index (χ0) is 7.52. The monoisotopic (exact) mass is 162 g/mol. The zero-order valence-electron chi connectivity index (χ0n) is 5.56. The van der Waals surface area contributed by atoms with E-state index >= 15 is 0 Å². The van der Waals surface area contributed by atoms with E-state index in [0.29, 0.717) is 0 Å². The third kappa shape index (κ3) is 1.25. The van der Waals surface area contributed by atoms with Crippen LogP contribution in [0.5, 0.6) is 0 Å². The smallest absolute Gasteiger partial charge is 0.144 e. The Labute approximate surface area is 67.8 Å². The quantitative estimate of drug-likeness (QED) is 0.636. The normalized spacial score (nSPS) is 9.82. The van der Waals surface area contributed by atoms with E-state index in [9.17, 15) is 0 Å². The van der Waals surface area contributed by atoms with E-state index in [0.717, 1.165) is 10.7 Å². The first-order valence-corrected chi connectivity index (χ1v) is 3.93. The Morgan fingerprint density at radius 2 is 2.36 bits per heavy atom. The van der Waals surface area contributed by atoms with Crippen molar-refractivity contribution in [2.24, 2.45) is 0 Å². The lowest BCUT2D eigenvalue weighted by molar-refractivity contribution is 1.19. The molecular weight excluding hydrogens is 158 g/mol. The summed E-state index contributed by atoms with van der Waals surface area (Å²) in [6, 6.07) is 0. The molecule has 0 N–H and O–H groups in total. The molecule has 0 unspecified atom stereocenters. The van der Waals surface area contributed by atoms with E-state index in [1.165, 1.54) is 11.3 Å². The van der Waals surface area contributed by atoms with Crippen LogP contribution in [0.25, 0.3) is 10.7 Å². The first-order chi connectivity index (χ1) is 5.47. The van der Waals surface area contributed by atoms with Crippen molar-refractivity contribution >= 4 is 11.3 Å². The van der Waals surface area contributed by atoms with Gasteiger partial charge in [-0.1, -0.05) is 0 Å². The van der Waals surface area contributed by atoms with Crippen molar-refractivity contribution < 1.29 is 0 Å². The minimum atomic E-state index is 0.804. The molecule has 53 valence electrons. The van der Waals surface area contributed by atoms with Gasteiger partial charge in [0.25, 0.3) is 0 Å². The fraction of sp³-hybridized carbons (Fsp3) is 0. The van der Waals surface area contributed by atoms with Gasteiger partial charge in [0, 0.05) is 17.8 Å². The van der Waals surface area contributed by atoms with Crippen LogP contribution in [-0.2, 0) is 0 Å². The largest absolute Gasteiger partial charge is 0.261 e. The number of rotatable bonds is 1. The summed E-state index contributed by atoms with van der Waals surface area (Å²) >= 11 is 1.51. The van der Waals surface area contributed by atoms with Crippen LogP contribution in [0.3, 0.4) is 0 Å². The highest BCUT2D eigenvalue weighted by molar-refractivity contribution is 7.12. The summed E-state index contributed by atoms with van der Waals surface area (Å²) in [6.07, 6.45) is 7.71. The Bertz CT molecular complexity index is 317. The molecule has 3 nitrogen and oxygen atoms in total. The molecule has 0 spiro atoms. The third-order valence-corrected chi connectivity index (χ3v) is 1.92. The predicted octanol–water partition coefficient (Wildman–Crippen LogP) is 1.40. The Morgan fingerprint density at radius 3 is 3.00 bits per heavy atom. The summed E-state index contributed by atoms with van der Waals surface area (Å²) < 4.78 is 0. The molecule has 2 aromatic heterocycles. The van der Waals surface area contributed by atoms with Gasteiger partial charge >= 0.3 is 0 Å². The highest BCUT2D eigenvalue weighted by atomic mass is 32.1. The van der Waals surface area contributed by atoms with Gasteiger partial charge in [0.1, 0.15) is 16.9 Å². The lowest BCUT2D eigenvalue weighted by Gasteiger charge is -1.89. The molecule has 0 atom stereocenters. The molecule has 0 saturated heterocycles. The molecule has 0 aliphatic heterocycles. The van der Waals surface area contributed by atoms with Gasteiger partial charge in [0.15, 0.2) is 0 Å². The first kappa shape index (κ1) is 6.42. The van der Waals surface area contributed by atoms with Crippen molar-refractivity contribution in [3.63, 3.8) is 0 Å². The van der Waals surface area contributed by atoms with E-state index in [2.05, 4.69) is 21.1 Å². The number of hydrogen-bond donors (Lipinski definition) is 0. The molecule has 2 rings (SSSR count). The summed E-state index contributed by atoms with van der Waals surface area (Å²) in [6.45, 7) is 0. The Balaban J connectivity index is 2.46. The van der Waals surface area contributed by atoms with Crippen LogP contribution >= 0.6 is 11.3 Å². The number of aromatic nitrogens is 3. The molecular formula is C7H4N3S. The molecule has 0 bridgehead atoms. The molecule has 0 fully saturated rings. The van der Waals surface area contributed by atoms with Crippen LogP contribution in [0.2, 0.25) is 0 Å². The highest BCUT2D eigenvalue weighted by Gasteiger charge is 1.99. The number of nitrogens with zero attached hydrogens (tertiary/aromatic N) is 3. The molecule has 4 heteroatoms. The maximum absolute atomic E-state index is 4.09. The number of thiazole rings is 1. The summed E-state index contributed by atoms with van der Waals surface area (Å²) in [7, 11) is 0. The molecule has 2 aromatic rings. The summed E-state index contributed by atoms with van der Waals surface area (Å²) in [5.41, 5.74) is 0.804. The maximum atomic E-state index is 4.09. The van der Waals surface area contributed by atoms with Crippen LogP contribution in [0.1, 0.15) is 0 Å². The van der Waals surface area contributed by atoms with E-state index in [1.807, 2.05) is 0 Å². The lowest BCUT2D eigenvalue weighted by atomic mass is 10.5. The fourth-order valence-corrected chi connectivity index (χ4v) is 1.27. The van der Waals surface area contributed by atoms with Crippen molar-refractivity contribution in [2.75, 3.05) is 0 Å². The number of hydrogen-bond acceptors (Lipinski definition) is 4. The standard InChI is InChI=1S/C7H4N3S/c1-2-9-6(5-8-1)7-10-3-4-11-7/h1-2,4-5H. The Morgan fingerprint density at radius 1 is 1.36 bits per heavy atom. The SMILES string of the molecule is [c]1csc(-c2cnccn2)n1. The van der Waals surface area contributed by atoms with Crippen molar-refractivity contribution in [1.82, 2.24) is 15.0 Å². The van der Waals surface area contributed by atoms with E-state index in [-0.39, 0.29) is 0 Å². The second-order valence-corrected chi connectivity index (χ2v) is 2.73. The van der Waals surface area contributed by atoms with Crippen molar-refractivity contribution in [3.8, 4) is 10.7 Å². The lowest BCUT2D eigenvalue weighted by Crippen LogP contribution is -1.81. The third-order valence-electron chi connectivity index (χ3n) is 1.17. The van der Waals surface area contributed by atoms with Gasteiger partial charge < -0.3 is 0 Å². The van der Waals surface area contributed by atoms with Crippen molar-refractivity contribution in [1.29, 1.82) is 0 Å². The van der Waals surface area contributed by atoms with Crippen molar-refractivity contribution in [2.45, 2.75) is 0 Å². The summed E-state index contributed by atoms with van der Waals surface area (Å²) in [4.78, 5) is 12.0. The van der Waals surface area contributed by atoms with Crippen LogP contribution < -0.4 is 0 Å². The minimum absolute atomic E-state index is 0.804. The van der Waals surface area contributed by atoms with Gasteiger partial charge in [-0.3, -0.25) is 9.97 Å². The van der Waals surface area contributed by atoms with E-state index in [4.69, 9.17) is 0 Å². The molecule has 0 amide bonds. The second-order valence-electron chi connectivity index (χ2n) is 1.87. The first-order valence-electron chi connectivity index (χ1n) is 3.05. The average molecular weight is 162 g/mol. The van der Waals surface area contributed by atoms with Crippen LogP contribution in [0.4, 0.5) is 0 Å². The average Bonchev–Trinajstić information content (AvgIpc) is 2.58. The van der Waals surface area contributed by atoms with Gasteiger partial charge in [-0.15, -0.1) is 11.3 Å². The molecule has 0 aliphatic carbocycles. The Kier molecular flexibility index (Phi) is 1.61. The van der Waals surface area contributed by atoms with Gasteiger partial charge in [-0.25, -0.2) is 4.98 Å². The molecule has 0 aromatic carbocycles. The topological polar surface area (TPSA) is 38.7 Å². The summed E-state index contributed by atoms with van der Waals surface area (Å²) in [5, 5.41) is 2.66. The second kappa shape index (κ2) is 2.75. The minimum Gasteiger partial charge on any atom is -0.261 e. The van der Waals surface area contributed by atoms with Crippen LogP contribution in [-0.4, -0.2) is 15.0 Å². The van der Waals surface area contributed by atoms with Crippen LogP contribution in [0.15, 0.2) is 24.0 Å². The molecule has 2 heterocycles. The predicted molar refractivity (Wildman–Crippen MR) is 42.0 cm³/mol. The fourth-order valence-electron chi connectivity index (χ4n) is 0.721. The molecule has 11 heavy (non-hydrogen) atoms. The van der Waals surface area contributed by atoms with Gasteiger partial charge in [0.2, 0.25) is 0 Å². The Hall–Kier alpha value is -1.29. The maximum Gasteiger partial charge on any atom is 0.144 e. The van der Waals surface area contributed by atoms with Crippen LogP contribution in [0, 0.1) is 6.20 Å². The van der Waals surface area contributed by atoms with Crippen molar-refractivity contribution in [3.05, 3.63) is 30.2 Å². The highest BCUT2D eigenvalue weighted by Crippen LogP contribution is 2.16. The van der Waals surface area contributed by atoms with Gasteiger partial charge in [-0.05, 0) is 0 Å². The molecule has 1 radical (unpaired) electrons. The molecule has 0 saturated carbocycles. The zero-order valence-corrected chi connectivity index (χ0v) is 6.38. The van der Waals surface area contributed by atoms with Gasteiger partial charge in [0.05, 0.1) is 6.20 Å². The van der Waals surface area contributed by atoms with Gasteiger partial charge in [-0.2, -0.15) is 0 Å². The molecule has 0 aliphatic rings.